The van der Waals surface area contributed by atoms with Crippen molar-refractivity contribution in [3.63, 3.8) is 0 Å². The van der Waals surface area contributed by atoms with Crippen molar-refractivity contribution in [1.29, 1.82) is 0 Å². The minimum Gasteiger partial charge on any atom is -0.375 e. The molecule has 3 aliphatic rings. The average Bonchev–Trinajstić information content (AvgIpc) is 3.53. The maximum absolute atomic E-state index is 16.6. The normalized spacial score (nSPS) is 22.5. The van der Waals surface area contributed by atoms with Gasteiger partial charge in [-0.15, -0.1) is 0 Å². The smallest absolute Gasteiger partial charge is 0.228 e. The number of nitrogens with zero attached hydrogens (tertiary/aromatic N) is 6. The van der Waals surface area contributed by atoms with Crippen molar-refractivity contribution in [3.8, 4) is 11.1 Å². The highest BCUT2D eigenvalue weighted by Crippen LogP contribution is 2.42. The van der Waals surface area contributed by atoms with Crippen LogP contribution in [0.3, 0.4) is 0 Å². The van der Waals surface area contributed by atoms with Crippen LogP contribution in [0.4, 0.5) is 21.3 Å². The fourth-order valence-corrected chi connectivity index (χ4v) is 6.92. The molecule has 0 radical (unpaired) electrons. The van der Waals surface area contributed by atoms with Crippen molar-refractivity contribution < 1.29 is 9.13 Å². The summed E-state index contributed by atoms with van der Waals surface area (Å²) in [7, 11) is 2.12. The molecule has 7 rings (SSSR count). The Morgan fingerprint density at radius 3 is 2.76 bits per heavy atom. The zero-order chi connectivity index (χ0) is 26.0. The molecule has 12 heteroatoms. The second-order valence-electron chi connectivity index (χ2n) is 10.1. The summed E-state index contributed by atoms with van der Waals surface area (Å²) >= 11 is 8.18. The van der Waals surface area contributed by atoms with Crippen molar-refractivity contribution in [2.45, 2.75) is 12.1 Å². The molecule has 3 fully saturated rings. The van der Waals surface area contributed by atoms with Crippen LogP contribution in [0, 0.1) is 5.82 Å². The number of thiazole rings is 1. The average molecular weight is 555 g/mol. The van der Waals surface area contributed by atoms with Gasteiger partial charge in [0, 0.05) is 62.3 Å². The summed E-state index contributed by atoms with van der Waals surface area (Å²) in [5.41, 5.74) is 7.76. The number of morpholine rings is 1. The molecule has 38 heavy (non-hydrogen) atoms. The van der Waals surface area contributed by atoms with Crippen LogP contribution >= 0.6 is 22.9 Å². The number of nitrogens with two attached hydrogens (primary N) is 1. The number of aromatic nitrogens is 3. The van der Waals surface area contributed by atoms with Crippen LogP contribution in [0.5, 0.6) is 0 Å². The maximum atomic E-state index is 16.6. The number of hydrogen-bond acceptors (Lipinski definition) is 10. The molecule has 1 unspecified atom stereocenters. The maximum Gasteiger partial charge on any atom is 0.228 e. The number of halogens is 2. The van der Waals surface area contributed by atoms with E-state index in [-0.39, 0.29) is 23.2 Å². The molecule has 0 saturated carbocycles. The van der Waals surface area contributed by atoms with Crippen LogP contribution in [-0.2, 0) is 4.74 Å². The fourth-order valence-electron chi connectivity index (χ4n) is 5.86. The lowest BCUT2D eigenvalue weighted by Gasteiger charge is -2.33. The Bertz CT molecular complexity index is 1540. The van der Waals surface area contributed by atoms with Gasteiger partial charge in [-0.1, -0.05) is 35.1 Å². The number of para-hydroxylation sites is 1. The number of nitrogens with one attached hydrogen (secondary N) is 1. The Labute approximate surface area is 228 Å². The number of likely N-dealkylation sites (N-methyl/N-ethyl adjacent to an activating group) is 1. The molecule has 0 spiro atoms. The van der Waals surface area contributed by atoms with Gasteiger partial charge in [-0.3, -0.25) is 4.90 Å². The largest absolute Gasteiger partial charge is 0.375 e. The van der Waals surface area contributed by atoms with E-state index in [1.54, 1.807) is 6.07 Å². The quantitative estimate of drug-likeness (QED) is 0.396. The van der Waals surface area contributed by atoms with Crippen molar-refractivity contribution in [2.24, 2.45) is 0 Å². The van der Waals surface area contributed by atoms with Gasteiger partial charge in [0.1, 0.15) is 11.3 Å². The van der Waals surface area contributed by atoms with Crippen molar-refractivity contribution in [1.82, 2.24) is 25.2 Å². The molecular weight excluding hydrogens is 527 g/mol. The highest BCUT2D eigenvalue weighted by Gasteiger charge is 2.40. The second kappa shape index (κ2) is 9.42. The molecule has 2 aromatic heterocycles. The predicted octanol–water partition coefficient (Wildman–Crippen LogP) is 3.21. The second-order valence-corrected chi connectivity index (χ2v) is 11.6. The van der Waals surface area contributed by atoms with E-state index in [0.717, 1.165) is 44.0 Å². The van der Waals surface area contributed by atoms with Gasteiger partial charge in [-0.2, -0.15) is 4.98 Å². The van der Waals surface area contributed by atoms with Gasteiger partial charge in [-0.25, -0.2) is 14.4 Å². The first-order valence-electron chi connectivity index (χ1n) is 12.9. The van der Waals surface area contributed by atoms with E-state index in [4.69, 9.17) is 32.0 Å². The molecule has 5 heterocycles. The first-order valence-corrected chi connectivity index (χ1v) is 14.0. The van der Waals surface area contributed by atoms with E-state index in [9.17, 15) is 0 Å². The van der Waals surface area contributed by atoms with Crippen LogP contribution < -0.4 is 20.9 Å². The van der Waals surface area contributed by atoms with E-state index < -0.39 is 5.82 Å². The molecule has 2 aromatic carbocycles. The summed E-state index contributed by atoms with van der Waals surface area (Å²) in [5, 5.41) is 4.71. The van der Waals surface area contributed by atoms with Crippen LogP contribution in [0.1, 0.15) is 0 Å². The SMILES string of the molecule is CN1CCO[C@H]2CN(c3nc(N4CCNCC4)c4cc(Cl)c(-c5cccc6sc(N)nc56)c(F)c4n3)CC21. The first kappa shape index (κ1) is 24.2. The van der Waals surface area contributed by atoms with Crippen LogP contribution in [-0.4, -0.2) is 91.5 Å². The standard InChI is InChI=1S/C26H28ClFN8OS/c1-34-9-10-37-18-13-36(12-17(18)34)26-32-23-15(24(33-26)35-7-5-30-6-8-35)11-16(27)20(21(23)28)14-3-2-4-19-22(14)31-25(29)38-19/h2-4,11,17-18,30H,5-10,12-13H2,1H3,(H2,29,31)/t17?,18-/m0/s1. The van der Waals surface area contributed by atoms with Crippen molar-refractivity contribution >= 4 is 61.0 Å². The molecule has 0 amide bonds. The van der Waals surface area contributed by atoms with Gasteiger partial charge in [0.15, 0.2) is 10.9 Å². The highest BCUT2D eigenvalue weighted by molar-refractivity contribution is 7.22. The lowest BCUT2D eigenvalue weighted by molar-refractivity contribution is -0.0362. The number of ether oxygens (including phenoxy) is 1. The third kappa shape index (κ3) is 3.95. The van der Waals surface area contributed by atoms with Gasteiger partial charge in [-0.05, 0) is 19.2 Å². The predicted molar refractivity (Wildman–Crippen MR) is 151 cm³/mol. The van der Waals surface area contributed by atoms with Gasteiger partial charge in [0.05, 0.1) is 34.0 Å². The summed E-state index contributed by atoms with van der Waals surface area (Å²) in [5.74, 6) is 0.747. The van der Waals surface area contributed by atoms with Crippen LogP contribution in [0.15, 0.2) is 24.3 Å². The molecule has 0 aliphatic carbocycles. The Balaban J connectivity index is 1.41. The van der Waals surface area contributed by atoms with Gasteiger partial charge in [0.2, 0.25) is 5.95 Å². The summed E-state index contributed by atoms with van der Waals surface area (Å²) in [6.07, 6.45) is 0.0778. The lowest BCUT2D eigenvalue weighted by Crippen LogP contribution is -2.48. The summed E-state index contributed by atoms with van der Waals surface area (Å²) in [6.45, 7) is 6.18. The van der Waals surface area contributed by atoms with Crippen LogP contribution in [0.2, 0.25) is 5.02 Å². The third-order valence-corrected chi connectivity index (χ3v) is 8.98. The number of rotatable bonds is 3. The fraction of sp³-hybridized carbons (Fsp3) is 0.423. The molecule has 3 aliphatic heterocycles. The highest BCUT2D eigenvalue weighted by atomic mass is 35.5. The number of benzene rings is 2. The third-order valence-electron chi connectivity index (χ3n) is 7.83. The molecule has 0 bridgehead atoms. The number of fused-ring (bicyclic) bond motifs is 3. The van der Waals surface area contributed by atoms with Gasteiger partial charge >= 0.3 is 0 Å². The van der Waals surface area contributed by atoms with Gasteiger partial charge < -0.3 is 25.6 Å². The number of piperazine rings is 1. The Morgan fingerprint density at radius 1 is 1.11 bits per heavy atom. The minimum atomic E-state index is -0.475. The first-order chi connectivity index (χ1) is 18.5. The van der Waals surface area contributed by atoms with E-state index in [0.29, 0.717) is 51.5 Å². The summed E-state index contributed by atoms with van der Waals surface area (Å²) in [4.78, 5) is 20.9. The van der Waals surface area contributed by atoms with E-state index >= 15 is 4.39 Å². The molecular formula is C26H28ClFN8OS. The molecule has 3 N–H and O–H groups in total. The summed E-state index contributed by atoms with van der Waals surface area (Å²) in [6, 6.07) is 7.67. The summed E-state index contributed by atoms with van der Waals surface area (Å²) < 4.78 is 23.5. The number of anilines is 3. The minimum absolute atomic E-state index is 0.0778. The monoisotopic (exact) mass is 554 g/mol. The van der Waals surface area contributed by atoms with Crippen molar-refractivity contribution in [2.75, 3.05) is 75.0 Å². The molecule has 2 atom stereocenters. The van der Waals surface area contributed by atoms with E-state index in [1.165, 1.54) is 11.3 Å². The van der Waals surface area contributed by atoms with Gasteiger partial charge in [0.25, 0.3) is 0 Å². The Kier molecular flexibility index (Phi) is 6.01. The lowest BCUT2D eigenvalue weighted by atomic mass is 10.0. The molecule has 3 saturated heterocycles. The Hall–Kier alpha value is -2.83. The topological polar surface area (TPSA) is 95.7 Å². The zero-order valence-corrected chi connectivity index (χ0v) is 22.5. The molecule has 198 valence electrons. The molecule has 4 aromatic rings. The van der Waals surface area contributed by atoms with Crippen molar-refractivity contribution in [3.05, 3.63) is 35.1 Å². The van der Waals surface area contributed by atoms with E-state index in [2.05, 4.69) is 32.0 Å². The van der Waals surface area contributed by atoms with E-state index in [1.807, 2.05) is 18.2 Å². The molecule has 9 nitrogen and oxygen atoms in total. The Morgan fingerprint density at radius 2 is 1.95 bits per heavy atom. The number of hydrogen-bond donors (Lipinski definition) is 2. The number of nitrogen functional groups attached to an aromatic ring is 1. The zero-order valence-electron chi connectivity index (χ0n) is 21.0. The van der Waals surface area contributed by atoms with Crippen LogP contribution in [0.25, 0.3) is 32.2 Å².